The molecule has 0 bridgehead atoms. The summed E-state index contributed by atoms with van der Waals surface area (Å²) in [5, 5.41) is 10.5. The van der Waals surface area contributed by atoms with E-state index in [4.69, 9.17) is 9.84 Å². The molecule has 0 radical (unpaired) electrons. The molecule has 32 heavy (non-hydrogen) atoms. The molecular formula is C24H37N5O3. The first-order valence-electron chi connectivity index (χ1n) is 10.8. The molecule has 0 fully saturated rings. The Kier molecular flexibility index (Phi) is 7.59. The highest BCUT2D eigenvalue weighted by Gasteiger charge is 2.27. The maximum absolute atomic E-state index is 12.9. The van der Waals surface area contributed by atoms with E-state index in [1.54, 1.807) is 31.4 Å². The van der Waals surface area contributed by atoms with Crippen molar-refractivity contribution < 1.29 is 14.3 Å². The average molecular weight is 444 g/mol. The van der Waals surface area contributed by atoms with Crippen molar-refractivity contribution in [3.05, 3.63) is 36.0 Å². The van der Waals surface area contributed by atoms with Crippen molar-refractivity contribution in [3.63, 3.8) is 0 Å². The molecule has 1 aromatic heterocycles. The Bertz CT molecular complexity index is 951. The van der Waals surface area contributed by atoms with Crippen LogP contribution in [0, 0.1) is 0 Å². The summed E-state index contributed by atoms with van der Waals surface area (Å²) in [6, 6.07) is 8.46. The van der Waals surface area contributed by atoms with E-state index < -0.39 is 0 Å². The van der Waals surface area contributed by atoms with Gasteiger partial charge in [0.15, 0.2) is 0 Å². The van der Waals surface area contributed by atoms with Crippen LogP contribution in [0.2, 0.25) is 0 Å². The van der Waals surface area contributed by atoms with E-state index in [0.717, 1.165) is 5.69 Å². The molecule has 0 aliphatic rings. The molecule has 8 heteroatoms. The minimum Gasteiger partial charge on any atom is -0.497 e. The number of urea groups is 1. The van der Waals surface area contributed by atoms with Crippen LogP contribution >= 0.6 is 0 Å². The molecule has 2 N–H and O–H groups in total. The highest BCUT2D eigenvalue weighted by Crippen LogP contribution is 2.28. The second-order valence-electron chi connectivity index (χ2n) is 10.2. The molecule has 2 aromatic rings. The second-order valence-corrected chi connectivity index (χ2v) is 10.2. The third-order valence-corrected chi connectivity index (χ3v) is 4.90. The number of rotatable bonds is 6. The molecule has 8 nitrogen and oxygen atoms in total. The Morgan fingerprint density at radius 3 is 2.28 bits per heavy atom. The van der Waals surface area contributed by atoms with E-state index in [9.17, 15) is 9.59 Å². The first-order chi connectivity index (χ1) is 14.7. The van der Waals surface area contributed by atoms with Crippen LogP contribution in [0.1, 0.15) is 61.1 Å². The number of nitrogens with zero attached hydrogens (tertiary/aromatic N) is 3. The zero-order chi connectivity index (χ0) is 24.3. The van der Waals surface area contributed by atoms with Crippen LogP contribution in [-0.4, -0.2) is 46.3 Å². The van der Waals surface area contributed by atoms with E-state index in [1.165, 1.54) is 4.90 Å². The Balaban J connectivity index is 2.18. The first-order valence-corrected chi connectivity index (χ1v) is 10.8. The Labute approximate surface area is 191 Å². The van der Waals surface area contributed by atoms with E-state index in [-0.39, 0.29) is 35.5 Å². The van der Waals surface area contributed by atoms with Gasteiger partial charge in [-0.15, -0.1) is 0 Å². The predicted octanol–water partition coefficient (Wildman–Crippen LogP) is 4.83. The highest BCUT2D eigenvalue weighted by molar-refractivity contribution is 5.96. The fourth-order valence-corrected chi connectivity index (χ4v) is 3.07. The van der Waals surface area contributed by atoms with Crippen molar-refractivity contribution >= 4 is 23.4 Å². The fraction of sp³-hybridized carbons (Fsp3) is 0.542. The van der Waals surface area contributed by atoms with E-state index in [0.29, 0.717) is 17.3 Å². The standard InChI is InChI=1S/C24H37N5O3/c1-16(2)28(22(31)25-17-11-10-12-18(13-17)32-9)15-21(30)26-20-14-19(23(3,4)5)27-29(20)24(6,7)8/h10-14,16H,15H2,1-9H3,(H,25,31)(H,26,30). The lowest BCUT2D eigenvalue weighted by molar-refractivity contribution is -0.117. The van der Waals surface area contributed by atoms with Crippen LogP contribution < -0.4 is 15.4 Å². The Morgan fingerprint density at radius 2 is 1.75 bits per heavy atom. The van der Waals surface area contributed by atoms with Gasteiger partial charge in [-0.05, 0) is 46.8 Å². The molecule has 176 valence electrons. The van der Waals surface area contributed by atoms with Crippen molar-refractivity contribution in [3.8, 4) is 5.75 Å². The van der Waals surface area contributed by atoms with Crippen LogP contribution in [0.25, 0.3) is 0 Å². The maximum Gasteiger partial charge on any atom is 0.322 e. The van der Waals surface area contributed by atoms with Crippen LogP contribution in [0.3, 0.4) is 0 Å². The van der Waals surface area contributed by atoms with Crippen LogP contribution in [0.4, 0.5) is 16.3 Å². The number of amides is 3. The number of hydrogen-bond donors (Lipinski definition) is 2. The molecule has 0 aliphatic carbocycles. The molecule has 0 aliphatic heterocycles. The highest BCUT2D eigenvalue weighted by atomic mass is 16.5. The summed E-state index contributed by atoms with van der Waals surface area (Å²) in [5.41, 5.74) is 1.02. The van der Waals surface area contributed by atoms with Crippen molar-refractivity contribution in [1.29, 1.82) is 0 Å². The van der Waals surface area contributed by atoms with E-state index >= 15 is 0 Å². The monoisotopic (exact) mass is 443 g/mol. The van der Waals surface area contributed by atoms with Crippen molar-refractivity contribution in [1.82, 2.24) is 14.7 Å². The van der Waals surface area contributed by atoms with Gasteiger partial charge in [-0.2, -0.15) is 5.10 Å². The van der Waals surface area contributed by atoms with Gasteiger partial charge in [0.2, 0.25) is 5.91 Å². The molecule has 3 amide bonds. The smallest absolute Gasteiger partial charge is 0.322 e. The Morgan fingerprint density at radius 1 is 1.09 bits per heavy atom. The van der Waals surface area contributed by atoms with Crippen LogP contribution in [-0.2, 0) is 15.7 Å². The second kappa shape index (κ2) is 9.63. The van der Waals surface area contributed by atoms with Gasteiger partial charge in [-0.3, -0.25) is 4.79 Å². The number of carbonyl (C=O) groups excluding carboxylic acids is 2. The van der Waals surface area contributed by atoms with E-state index in [2.05, 4.69) is 31.4 Å². The SMILES string of the molecule is COc1cccc(NC(=O)N(CC(=O)Nc2cc(C(C)(C)C)nn2C(C)(C)C)C(C)C)c1. The third-order valence-electron chi connectivity index (χ3n) is 4.90. The normalized spacial score (nSPS) is 11.9. The largest absolute Gasteiger partial charge is 0.497 e. The summed E-state index contributed by atoms with van der Waals surface area (Å²) in [6.45, 7) is 16.0. The van der Waals surface area contributed by atoms with Gasteiger partial charge in [-0.1, -0.05) is 26.8 Å². The molecule has 0 atom stereocenters. The number of anilines is 2. The summed E-state index contributed by atoms with van der Waals surface area (Å²) >= 11 is 0. The third kappa shape index (κ3) is 6.48. The molecule has 0 saturated heterocycles. The minimum atomic E-state index is -0.358. The molecule has 0 spiro atoms. The number of carbonyl (C=O) groups is 2. The van der Waals surface area contributed by atoms with Gasteiger partial charge in [-0.25, -0.2) is 9.48 Å². The van der Waals surface area contributed by atoms with Gasteiger partial charge in [0, 0.05) is 29.3 Å². The summed E-state index contributed by atoms with van der Waals surface area (Å²) < 4.78 is 7.02. The molecule has 1 heterocycles. The quantitative estimate of drug-likeness (QED) is 0.670. The number of aromatic nitrogens is 2. The lowest BCUT2D eigenvalue weighted by atomic mass is 9.92. The summed E-state index contributed by atoms with van der Waals surface area (Å²) in [4.78, 5) is 27.3. The number of benzene rings is 1. The van der Waals surface area contributed by atoms with Crippen LogP contribution in [0.15, 0.2) is 30.3 Å². The molecule has 2 rings (SSSR count). The topological polar surface area (TPSA) is 88.5 Å². The van der Waals surface area contributed by atoms with Crippen molar-refractivity contribution in [2.45, 2.75) is 72.4 Å². The molecular weight excluding hydrogens is 406 g/mol. The van der Waals surface area contributed by atoms with Gasteiger partial charge < -0.3 is 20.3 Å². The molecule has 1 aromatic carbocycles. The van der Waals surface area contributed by atoms with Gasteiger partial charge in [0.1, 0.15) is 18.1 Å². The maximum atomic E-state index is 12.9. The Hall–Kier alpha value is -3.03. The number of methoxy groups -OCH3 is 1. The van der Waals surface area contributed by atoms with Crippen LogP contribution in [0.5, 0.6) is 5.75 Å². The fourth-order valence-electron chi connectivity index (χ4n) is 3.07. The number of ether oxygens (including phenoxy) is 1. The molecule has 0 saturated carbocycles. The van der Waals surface area contributed by atoms with Crippen molar-refractivity contribution in [2.24, 2.45) is 0 Å². The number of hydrogen-bond acceptors (Lipinski definition) is 4. The van der Waals surface area contributed by atoms with E-state index in [1.807, 2.05) is 45.4 Å². The van der Waals surface area contributed by atoms with Gasteiger partial charge in [0.05, 0.1) is 18.3 Å². The summed E-state index contributed by atoms with van der Waals surface area (Å²) in [7, 11) is 1.57. The lowest BCUT2D eigenvalue weighted by Gasteiger charge is -2.27. The summed E-state index contributed by atoms with van der Waals surface area (Å²) in [5.74, 6) is 0.969. The number of nitrogens with one attached hydrogen (secondary N) is 2. The summed E-state index contributed by atoms with van der Waals surface area (Å²) in [6.07, 6.45) is 0. The zero-order valence-corrected chi connectivity index (χ0v) is 20.7. The van der Waals surface area contributed by atoms with Gasteiger partial charge in [0.25, 0.3) is 0 Å². The molecule has 0 unspecified atom stereocenters. The van der Waals surface area contributed by atoms with Crippen molar-refractivity contribution in [2.75, 3.05) is 24.3 Å². The predicted molar refractivity (Wildman–Crippen MR) is 128 cm³/mol. The first kappa shape index (κ1) is 25.2. The minimum absolute atomic E-state index is 0.0896. The zero-order valence-electron chi connectivity index (χ0n) is 20.7. The average Bonchev–Trinajstić information content (AvgIpc) is 3.10. The van der Waals surface area contributed by atoms with Gasteiger partial charge >= 0.3 is 6.03 Å². The lowest BCUT2D eigenvalue weighted by Crippen LogP contribution is -2.45.